The topological polar surface area (TPSA) is 106 Å². The van der Waals surface area contributed by atoms with Crippen molar-refractivity contribution < 1.29 is 23.6 Å². The van der Waals surface area contributed by atoms with Crippen LogP contribution in [0.2, 0.25) is 0 Å². The summed E-state index contributed by atoms with van der Waals surface area (Å²) in [6.07, 6.45) is 0. The summed E-state index contributed by atoms with van der Waals surface area (Å²) in [7, 11) is 1.78. The third-order valence-corrected chi connectivity index (χ3v) is 4.08. The number of imide groups is 1. The van der Waals surface area contributed by atoms with Crippen molar-refractivity contribution in [2.75, 3.05) is 32.1 Å². The summed E-state index contributed by atoms with van der Waals surface area (Å²) in [4.78, 5) is 25.9. The van der Waals surface area contributed by atoms with E-state index in [2.05, 4.69) is 15.8 Å². The number of nitrogens with zero attached hydrogens (tertiary/aromatic N) is 2. The molecule has 2 heterocycles. The number of nitrogens with one attached hydrogen (secondary N) is 2. The van der Waals surface area contributed by atoms with Gasteiger partial charge in [0.25, 0.3) is 0 Å². The molecule has 0 saturated heterocycles. The zero-order valence-electron chi connectivity index (χ0n) is 15.5. The maximum Gasteiger partial charge on any atom is 0.325 e. The number of hydrogen-bond acceptors (Lipinski definition) is 7. The van der Waals surface area contributed by atoms with Crippen LogP contribution in [0.5, 0.6) is 11.5 Å². The molecule has 2 aromatic rings. The second-order valence-electron chi connectivity index (χ2n) is 6.34. The lowest BCUT2D eigenvalue weighted by atomic mass is 10.2. The fourth-order valence-electron chi connectivity index (χ4n) is 2.75. The minimum atomic E-state index is -0.609. The van der Waals surface area contributed by atoms with E-state index in [0.29, 0.717) is 36.9 Å². The second-order valence-corrected chi connectivity index (χ2v) is 6.34. The van der Waals surface area contributed by atoms with E-state index >= 15 is 0 Å². The molecule has 27 heavy (non-hydrogen) atoms. The highest BCUT2D eigenvalue weighted by atomic mass is 16.6. The maximum absolute atomic E-state index is 12.1. The van der Waals surface area contributed by atoms with Gasteiger partial charge in [-0.15, -0.1) is 0 Å². The van der Waals surface area contributed by atoms with Crippen LogP contribution in [0.3, 0.4) is 0 Å². The molecule has 1 aliphatic heterocycles. The number of carbonyl (C=O) groups is 2. The van der Waals surface area contributed by atoms with Crippen molar-refractivity contribution in [1.29, 1.82) is 0 Å². The lowest BCUT2D eigenvalue weighted by Crippen LogP contribution is -2.40. The Balaban J connectivity index is 1.49. The van der Waals surface area contributed by atoms with Crippen LogP contribution >= 0.6 is 0 Å². The number of aromatic nitrogens is 1. The third-order valence-electron chi connectivity index (χ3n) is 4.08. The number of carbonyl (C=O) groups excluding carboxylic acids is 2. The molecular formula is C18H22N4O5. The number of aryl methyl sites for hydroxylation is 2. The number of amides is 3. The molecule has 0 aliphatic carbocycles. The molecule has 2 N–H and O–H groups in total. The molecule has 9 nitrogen and oxygen atoms in total. The highest BCUT2D eigenvalue weighted by Crippen LogP contribution is 2.32. The number of rotatable bonds is 5. The molecule has 0 spiro atoms. The summed E-state index contributed by atoms with van der Waals surface area (Å²) in [5.74, 6) is 1.49. The lowest BCUT2D eigenvalue weighted by Gasteiger charge is -2.19. The summed E-state index contributed by atoms with van der Waals surface area (Å²) in [5.41, 5.74) is 2.23. The minimum Gasteiger partial charge on any atom is -0.486 e. The predicted octanol–water partition coefficient (Wildman–Crippen LogP) is 1.84. The highest BCUT2D eigenvalue weighted by Gasteiger charge is 2.16. The van der Waals surface area contributed by atoms with Gasteiger partial charge in [-0.3, -0.25) is 15.0 Å². The Hall–Kier alpha value is -3.07. The first-order valence-corrected chi connectivity index (χ1v) is 8.53. The molecule has 1 aliphatic rings. The Bertz CT molecular complexity index is 829. The van der Waals surface area contributed by atoms with Gasteiger partial charge in [-0.1, -0.05) is 5.16 Å². The maximum atomic E-state index is 12.1. The van der Waals surface area contributed by atoms with E-state index in [0.717, 1.165) is 17.0 Å². The quantitative estimate of drug-likeness (QED) is 0.822. The normalized spacial score (nSPS) is 12.7. The van der Waals surface area contributed by atoms with Gasteiger partial charge in [0.05, 0.1) is 12.2 Å². The van der Waals surface area contributed by atoms with Gasteiger partial charge in [-0.05, 0) is 33.0 Å². The molecule has 3 rings (SSSR count). The Morgan fingerprint density at radius 1 is 1.19 bits per heavy atom. The van der Waals surface area contributed by atoms with Crippen LogP contribution in [0.15, 0.2) is 22.7 Å². The Morgan fingerprint density at radius 3 is 2.63 bits per heavy atom. The predicted molar refractivity (Wildman–Crippen MR) is 96.9 cm³/mol. The number of urea groups is 1. The van der Waals surface area contributed by atoms with Gasteiger partial charge in [0.15, 0.2) is 11.5 Å². The van der Waals surface area contributed by atoms with Crippen LogP contribution < -0.4 is 20.1 Å². The summed E-state index contributed by atoms with van der Waals surface area (Å²) >= 11 is 0. The summed E-state index contributed by atoms with van der Waals surface area (Å²) < 4.78 is 16.0. The molecule has 1 aromatic carbocycles. The molecule has 1 aromatic heterocycles. The van der Waals surface area contributed by atoms with Crippen molar-refractivity contribution in [2.24, 2.45) is 0 Å². The van der Waals surface area contributed by atoms with E-state index in [1.807, 2.05) is 13.8 Å². The third kappa shape index (κ3) is 4.76. The first kappa shape index (κ1) is 18.7. The Kier molecular flexibility index (Phi) is 5.60. The van der Waals surface area contributed by atoms with Crippen molar-refractivity contribution >= 4 is 17.6 Å². The second kappa shape index (κ2) is 8.09. The fraction of sp³-hybridized carbons (Fsp3) is 0.389. The van der Waals surface area contributed by atoms with Crippen LogP contribution in [-0.4, -0.2) is 48.8 Å². The van der Waals surface area contributed by atoms with Crippen molar-refractivity contribution in [1.82, 2.24) is 15.4 Å². The average Bonchev–Trinajstić information content (AvgIpc) is 2.93. The van der Waals surface area contributed by atoms with E-state index in [-0.39, 0.29) is 6.54 Å². The van der Waals surface area contributed by atoms with E-state index in [1.54, 1.807) is 30.1 Å². The summed E-state index contributed by atoms with van der Waals surface area (Å²) in [6.45, 7) is 5.18. The van der Waals surface area contributed by atoms with Gasteiger partial charge >= 0.3 is 6.03 Å². The molecule has 144 valence electrons. The number of ether oxygens (including phenoxy) is 2. The largest absolute Gasteiger partial charge is 0.486 e. The molecule has 0 bridgehead atoms. The van der Waals surface area contributed by atoms with E-state index in [4.69, 9.17) is 14.0 Å². The van der Waals surface area contributed by atoms with Crippen molar-refractivity contribution in [3.63, 3.8) is 0 Å². The summed E-state index contributed by atoms with van der Waals surface area (Å²) in [6, 6.07) is 4.44. The number of benzene rings is 1. The Morgan fingerprint density at radius 2 is 1.93 bits per heavy atom. The highest BCUT2D eigenvalue weighted by molar-refractivity contribution is 6.01. The minimum absolute atomic E-state index is 0.0542. The average molecular weight is 374 g/mol. The summed E-state index contributed by atoms with van der Waals surface area (Å²) in [5, 5.41) is 8.81. The molecule has 0 radical (unpaired) electrons. The smallest absolute Gasteiger partial charge is 0.325 e. The van der Waals surface area contributed by atoms with Crippen LogP contribution in [0.25, 0.3) is 0 Å². The van der Waals surface area contributed by atoms with E-state index in [9.17, 15) is 9.59 Å². The van der Waals surface area contributed by atoms with Crippen LogP contribution in [0, 0.1) is 13.8 Å². The first-order chi connectivity index (χ1) is 12.9. The molecular weight excluding hydrogens is 352 g/mol. The first-order valence-electron chi connectivity index (χ1n) is 8.53. The molecule has 9 heteroatoms. The number of anilines is 1. The molecule has 0 atom stereocenters. The standard InChI is InChI=1S/C18H22N4O5/c1-11-14(12(2)27-21-11)9-22(3)10-17(23)20-18(24)19-13-4-5-15-16(8-13)26-7-6-25-15/h4-5,8H,6-7,9-10H2,1-3H3,(H2,19,20,23,24). The zero-order chi connectivity index (χ0) is 19.4. The van der Waals surface area contributed by atoms with Crippen molar-refractivity contribution in [3.8, 4) is 11.5 Å². The number of likely N-dealkylation sites (N-methyl/N-ethyl adjacent to an activating group) is 1. The van der Waals surface area contributed by atoms with Crippen LogP contribution in [0.1, 0.15) is 17.0 Å². The molecule has 0 fully saturated rings. The number of hydrogen-bond donors (Lipinski definition) is 2. The molecule has 3 amide bonds. The van der Waals surface area contributed by atoms with Gasteiger partial charge in [-0.25, -0.2) is 4.79 Å². The van der Waals surface area contributed by atoms with Gasteiger partial charge in [0.1, 0.15) is 19.0 Å². The number of fused-ring (bicyclic) bond motifs is 1. The monoisotopic (exact) mass is 374 g/mol. The van der Waals surface area contributed by atoms with Gasteiger partial charge < -0.3 is 19.3 Å². The van der Waals surface area contributed by atoms with E-state index < -0.39 is 11.9 Å². The zero-order valence-corrected chi connectivity index (χ0v) is 15.5. The lowest BCUT2D eigenvalue weighted by molar-refractivity contribution is -0.120. The Labute approximate surface area is 156 Å². The van der Waals surface area contributed by atoms with Gasteiger partial charge in [0.2, 0.25) is 5.91 Å². The molecule has 0 unspecified atom stereocenters. The van der Waals surface area contributed by atoms with Gasteiger partial charge in [-0.2, -0.15) is 0 Å². The van der Waals surface area contributed by atoms with Crippen molar-refractivity contribution in [2.45, 2.75) is 20.4 Å². The molecule has 0 saturated carbocycles. The van der Waals surface area contributed by atoms with E-state index in [1.165, 1.54) is 0 Å². The van der Waals surface area contributed by atoms with Gasteiger partial charge in [0, 0.05) is 23.9 Å². The fourth-order valence-corrected chi connectivity index (χ4v) is 2.75. The van der Waals surface area contributed by atoms with Crippen LogP contribution in [-0.2, 0) is 11.3 Å². The van der Waals surface area contributed by atoms with Crippen molar-refractivity contribution in [3.05, 3.63) is 35.2 Å². The van der Waals surface area contributed by atoms with Crippen LogP contribution in [0.4, 0.5) is 10.5 Å². The SMILES string of the molecule is Cc1noc(C)c1CN(C)CC(=O)NC(=O)Nc1ccc2c(c1)OCCO2.